The van der Waals surface area contributed by atoms with Crippen LogP contribution in [0, 0.1) is 0 Å². The van der Waals surface area contributed by atoms with Gasteiger partial charge in [-0.1, -0.05) is 18.2 Å². The summed E-state index contributed by atoms with van der Waals surface area (Å²) in [5, 5.41) is 0. The molecule has 0 saturated carbocycles. The number of hydrogen-bond donors (Lipinski definition) is 0. The number of alkyl halides is 8. The normalized spacial score (nSPS) is 23.1. The summed E-state index contributed by atoms with van der Waals surface area (Å²) in [5.41, 5.74) is 0.0358. The van der Waals surface area contributed by atoms with E-state index in [1.54, 1.807) is 0 Å². The summed E-state index contributed by atoms with van der Waals surface area (Å²) in [6, 6.07) is 5.12. The first-order valence-corrected chi connectivity index (χ1v) is 9.38. The van der Waals surface area contributed by atoms with E-state index in [4.69, 9.17) is 4.52 Å². The molecule has 0 radical (unpaired) electrons. The van der Waals surface area contributed by atoms with Crippen LogP contribution in [0.1, 0.15) is 5.56 Å². The number of carbonyl (C=O) groups is 1. The second kappa shape index (κ2) is 8.57. The Morgan fingerprint density at radius 2 is 1.59 bits per heavy atom. The van der Waals surface area contributed by atoms with Gasteiger partial charge in [0.05, 0.1) is 0 Å². The van der Waals surface area contributed by atoms with Gasteiger partial charge in [-0.05, 0) is 6.07 Å². The summed E-state index contributed by atoms with van der Waals surface area (Å²) < 4.78 is 128. The lowest BCUT2D eigenvalue weighted by Gasteiger charge is -2.27. The van der Waals surface area contributed by atoms with Gasteiger partial charge in [0.25, 0.3) is 0 Å². The Hall–Kier alpha value is -1.72. The molecule has 1 aromatic carbocycles. The van der Waals surface area contributed by atoms with Crippen LogP contribution in [0.4, 0.5) is 35.1 Å². The third-order valence-corrected chi connectivity index (χ3v) is 5.59. The molecule has 0 fully saturated rings. The van der Waals surface area contributed by atoms with Gasteiger partial charge in [0.2, 0.25) is 5.85 Å². The summed E-state index contributed by atoms with van der Waals surface area (Å²) in [4.78, 5) is 12.3. The molecule has 0 aromatic heterocycles. The number of benzene rings is 1. The zero-order chi connectivity index (χ0) is 22.0. The minimum atomic E-state index is -5.27. The Bertz CT molecular complexity index is 788. The molecule has 2 atom stereocenters. The Labute approximate surface area is 158 Å². The van der Waals surface area contributed by atoms with Gasteiger partial charge in [-0.3, -0.25) is 9.32 Å². The van der Waals surface area contributed by atoms with E-state index in [0.717, 1.165) is 6.07 Å². The zero-order valence-corrected chi connectivity index (χ0v) is 15.1. The molecule has 0 amide bonds. The number of para-hydroxylation sites is 1. The largest absolute Gasteiger partial charge is 0.422 e. The lowest BCUT2D eigenvalue weighted by molar-refractivity contribution is -0.174. The topological polar surface area (TPSA) is 61.8 Å². The summed E-state index contributed by atoms with van der Waals surface area (Å²) in [6.07, 6.45) is -9.11. The first kappa shape index (κ1) is 23.6. The summed E-state index contributed by atoms with van der Waals surface area (Å²) in [5.74, 6) is -13.8. The molecule has 0 N–H and O–H groups in total. The molecule has 1 aliphatic heterocycles. The number of ketones is 1. The predicted octanol–water partition coefficient (Wildman–Crippen LogP) is 4.54. The van der Waals surface area contributed by atoms with E-state index < -0.39 is 63.6 Å². The minimum Gasteiger partial charge on any atom is -0.422 e. The maximum Gasteiger partial charge on any atom is 0.415 e. The fourth-order valence-corrected chi connectivity index (χ4v) is 3.93. The first-order chi connectivity index (χ1) is 13.3. The fourth-order valence-electron chi connectivity index (χ4n) is 2.15. The molecule has 164 valence electrons. The van der Waals surface area contributed by atoms with Crippen LogP contribution in [0.3, 0.4) is 0 Å². The van der Waals surface area contributed by atoms with E-state index in [1.165, 1.54) is 18.2 Å². The third-order valence-electron chi connectivity index (χ3n) is 3.63. The minimum absolute atomic E-state index is 0.0358. The van der Waals surface area contributed by atoms with Gasteiger partial charge in [0, 0.05) is 12.0 Å². The van der Waals surface area contributed by atoms with Gasteiger partial charge in [0.15, 0.2) is 5.78 Å². The fraction of sp³-hybridized carbons (Fsp3) is 0.533. The number of carbonyl (C=O) groups excluding carboxylic acids is 1. The van der Waals surface area contributed by atoms with Crippen molar-refractivity contribution in [3.8, 4) is 5.75 Å². The number of hydrogen-bond acceptors (Lipinski definition) is 5. The number of rotatable bonds is 8. The van der Waals surface area contributed by atoms with Crippen molar-refractivity contribution < 1.29 is 58.3 Å². The van der Waals surface area contributed by atoms with Crippen LogP contribution in [-0.4, -0.2) is 49.5 Å². The SMILES string of the molecule is O=C1Cc2ccccc2OP(=O)(OCC(F)(F)C(F)F)C1OCC(F)(F)C(F)F. The third kappa shape index (κ3) is 5.46. The van der Waals surface area contributed by atoms with Crippen LogP contribution in [0.2, 0.25) is 0 Å². The summed E-state index contributed by atoms with van der Waals surface area (Å²) in [6.45, 7) is -4.33. The molecule has 1 heterocycles. The van der Waals surface area contributed by atoms with E-state index >= 15 is 0 Å². The lowest BCUT2D eigenvalue weighted by Crippen LogP contribution is -2.38. The Morgan fingerprint density at radius 1 is 1.03 bits per heavy atom. The molecule has 5 nitrogen and oxygen atoms in total. The van der Waals surface area contributed by atoms with Crippen molar-refractivity contribution in [2.24, 2.45) is 0 Å². The summed E-state index contributed by atoms with van der Waals surface area (Å²) in [7, 11) is -5.27. The van der Waals surface area contributed by atoms with Gasteiger partial charge in [-0.2, -0.15) is 17.6 Å². The Balaban J connectivity index is 2.36. The van der Waals surface area contributed by atoms with Gasteiger partial charge >= 0.3 is 32.3 Å². The highest BCUT2D eigenvalue weighted by atomic mass is 31.2. The number of ether oxygens (including phenoxy) is 1. The highest BCUT2D eigenvalue weighted by Crippen LogP contribution is 2.57. The highest BCUT2D eigenvalue weighted by molar-refractivity contribution is 7.56. The number of Topliss-reactive ketones (excluding diaryl/α,β-unsaturated/α-hetero) is 1. The van der Waals surface area contributed by atoms with Gasteiger partial charge in [-0.25, -0.2) is 22.1 Å². The van der Waals surface area contributed by atoms with E-state index in [0.29, 0.717) is 0 Å². The highest BCUT2D eigenvalue weighted by Gasteiger charge is 2.52. The molecule has 2 unspecified atom stereocenters. The molecule has 0 aliphatic carbocycles. The van der Waals surface area contributed by atoms with E-state index in [2.05, 4.69) is 9.26 Å². The monoisotopic (exact) mass is 456 g/mol. The van der Waals surface area contributed by atoms with Gasteiger partial charge in [0.1, 0.15) is 19.0 Å². The van der Waals surface area contributed by atoms with E-state index in [-0.39, 0.29) is 11.3 Å². The smallest absolute Gasteiger partial charge is 0.415 e. The van der Waals surface area contributed by atoms with Gasteiger partial charge < -0.3 is 9.26 Å². The molecule has 2 rings (SSSR count). The quantitative estimate of drug-likeness (QED) is 0.425. The average molecular weight is 456 g/mol. The van der Waals surface area contributed by atoms with Crippen molar-refractivity contribution in [3.63, 3.8) is 0 Å². The predicted molar refractivity (Wildman–Crippen MR) is 81.0 cm³/mol. The first-order valence-electron chi connectivity index (χ1n) is 7.76. The van der Waals surface area contributed by atoms with Crippen molar-refractivity contribution in [1.29, 1.82) is 0 Å². The second-order valence-corrected chi connectivity index (χ2v) is 7.93. The molecule has 0 bridgehead atoms. The van der Waals surface area contributed by atoms with Crippen molar-refractivity contribution in [2.75, 3.05) is 13.2 Å². The van der Waals surface area contributed by atoms with Crippen LogP contribution in [0.5, 0.6) is 5.75 Å². The maximum atomic E-state index is 13.2. The van der Waals surface area contributed by atoms with Crippen LogP contribution in [0.15, 0.2) is 24.3 Å². The van der Waals surface area contributed by atoms with Crippen LogP contribution >= 0.6 is 7.60 Å². The molecule has 0 saturated heterocycles. The van der Waals surface area contributed by atoms with E-state index in [1.807, 2.05) is 0 Å². The van der Waals surface area contributed by atoms with Crippen molar-refractivity contribution in [1.82, 2.24) is 0 Å². The molecule has 0 spiro atoms. The maximum absolute atomic E-state index is 13.2. The molecule has 1 aromatic rings. The molecule has 14 heteroatoms. The number of fused-ring (bicyclic) bond motifs is 1. The van der Waals surface area contributed by atoms with Crippen molar-refractivity contribution >= 4 is 13.4 Å². The average Bonchev–Trinajstić information content (AvgIpc) is 2.71. The molecular weight excluding hydrogens is 443 g/mol. The zero-order valence-electron chi connectivity index (χ0n) is 14.2. The van der Waals surface area contributed by atoms with Crippen molar-refractivity contribution in [2.45, 2.75) is 37.0 Å². The standard InChI is InChI=1S/C15H13F8O5P/c16-12(17)14(20,21)6-26-11-9(24)5-8-3-1-2-4-10(8)28-29(11,25)27-7-15(22,23)13(18)19/h1-4,11-13H,5-7H2. The van der Waals surface area contributed by atoms with E-state index in [9.17, 15) is 44.5 Å². The Morgan fingerprint density at radius 3 is 2.17 bits per heavy atom. The molecular formula is C15H13F8O5P. The van der Waals surface area contributed by atoms with Crippen LogP contribution in [-0.2, 0) is 25.0 Å². The van der Waals surface area contributed by atoms with Gasteiger partial charge in [-0.15, -0.1) is 0 Å². The number of halogens is 8. The lowest BCUT2D eigenvalue weighted by atomic mass is 10.1. The van der Waals surface area contributed by atoms with Crippen LogP contribution in [0.25, 0.3) is 0 Å². The molecule has 1 aliphatic rings. The van der Waals surface area contributed by atoms with Crippen molar-refractivity contribution in [3.05, 3.63) is 29.8 Å². The second-order valence-electron chi connectivity index (χ2n) is 5.94. The molecule has 29 heavy (non-hydrogen) atoms. The summed E-state index contributed by atoms with van der Waals surface area (Å²) >= 11 is 0. The van der Waals surface area contributed by atoms with Crippen LogP contribution < -0.4 is 4.52 Å². The Kier molecular flexibility index (Phi) is 6.96.